The van der Waals surface area contributed by atoms with E-state index in [1.807, 2.05) is 24.8 Å². The minimum atomic E-state index is -0.136. The van der Waals surface area contributed by atoms with E-state index in [-0.39, 0.29) is 18.4 Å². The van der Waals surface area contributed by atoms with Gasteiger partial charge in [0.1, 0.15) is 0 Å². The summed E-state index contributed by atoms with van der Waals surface area (Å²) >= 11 is 12.3. The summed E-state index contributed by atoms with van der Waals surface area (Å²) in [4.78, 5) is 14.8. The van der Waals surface area contributed by atoms with Crippen molar-refractivity contribution < 1.29 is 9.53 Å². The number of benzene rings is 1. The molecular weight excluding hydrogens is 349 g/mol. The lowest BCUT2D eigenvalue weighted by Gasteiger charge is -2.36. The molecule has 2 heterocycles. The number of nitrogens with zero attached hydrogens (tertiary/aromatic N) is 2. The smallest absolute Gasteiger partial charge is 0.227 e. The van der Waals surface area contributed by atoms with Crippen molar-refractivity contribution in [1.29, 1.82) is 0 Å². The van der Waals surface area contributed by atoms with Crippen molar-refractivity contribution >= 4 is 29.1 Å². The van der Waals surface area contributed by atoms with Crippen LogP contribution in [-0.2, 0) is 16.0 Å². The number of amides is 1. The first-order chi connectivity index (χ1) is 11.5. The van der Waals surface area contributed by atoms with Gasteiger partial charge in [0.15, 0.2) is 0 Å². The molecule has 0 aliphatic carbocycles. The summed E-state index contributed by atoms with van der Waals surface area (Å²) in [6.07, 6.45) is 0.214. The molecular formula is C17H19Cl2N3O2. The van der Waals surface area contributed by atoms with Crippen LogP contribution in [0.25, 0.3) is 0 Å². The molecule has 1 aliphatic heterocycles. The molecule has 3 rings (SSSR count). The molecule has 1 fully saturated rings. The molecule has 1 aromatic heterocycles. The SMILES string of the molecule is Cc1n[nH]c(C)c1C1COCCN1C(=O)Cc1cccc(Cl)c1Cl. The number of aromatic amines is 1. The largest absolute Gasteiger partial charge is 0.377 e. The predicted molar refractivity (Wildman–Crippen MR) is 93.5 cm³/mol. The quantitative estimate of drug-likeness (QED) is 0.903. The van der Waals surface area contributed by atoms with Gasteiger partial charge in [0.2, 0.25) is 5.91 Å². The van der Waals surface area contributed by atoms with Crippen molar-refractivity contribution in [1.82, 2.24) is 15.1 Å². The second-order valence-electron chi connectivity index (χ2n) is 5.92. The number of aryl methyl sites for hydroxylation is 2. The van der Waals surface area contributed by atoms with Crippen LogP contribution in [0, 0.1) is 13.8 Å². The van der Waals surface area contributed by atoms with Gasteiger partial charge in [-0.05, 0) is 25.5 Å². The summed E-state index contributed by atoms with van der Waals surface area (Å²) in [5.41, 5.74) is 3.61. The van der Waals surface area contributed by atoms with Crippen LogP contribution in [0.1, 0.15) is 28.6 Å². The molecule has 1 saturated heterocycles. The molecule has 1 amide bonds. The van der Waals surface area contributed by atoms with Crippen LogP contribution in [0.2, 0.25) is 10.0 Å². The van der Waals surface area contributed by atoms with Gasteiger partial charge in [0.25, 0.3) is 0 Å². The van der Waals surface area contributed by atoms with E-state index in [0.717, 1.165) is 22.5 Å². The van der Waals surface area contributed by atoms with Crippen LogP contribution < -0.4 is 0 Å². The maximum absolute atomic E-state index is 12.9. The Balaban J connectivity index is 1.85. The summed E-state index contributed by atoms with van der Waals surface area (Å²) in [6.45, 7) is 5.44. The molecule has 2 aromatic rings. The molecule has 0 radical (unpaired) electrons. The molecule has 1 N–H and O–H groups in total. The van der Waals surface area contributed by atoms with Crippen LogP contribution in [0.15, 0.2) is 18.2 Å². The zero-order valence-corrected chi connectivity index (χ0v) is 15.1. The first kappa shape index (κ1) is 17.3. The number of aromatic nitrogens is 2. The fourth-order valence-electron chi connectivity index (χ4n) is 3.14. The van der Waals surface area contributed by atoms with Crippen molar-refractivity contribution in [2.24, 2.45) is 0 Å². The Morgan fingerprint density at radius 2 is 2.21 bits per heavy atom. The van der Waals surface area contributed by atoms with E-state index >= 15 is 0 Å². The maximum atomic E-state index is 12.9. The molecule has 24 heavy (non-hydrogen) atoms. The molecule has 0 bridgehead atoms. The van der Waals surface area contributed by atoms with E-state index in [2.05, 4.69) is 10.2 Å². The lowest BCUT2D eigenvalue weighted by molar-refractivity contribution is -0.139. The summed E-state index contributed by atoms with van der Waals surface area (Å²) in [7, 11) is 0. The van der Waals surface area contributed by atoms with Gasteiger partial charge in [-0.25, -0.2) is 0 Å². The highest BCUT2D eigenvalue weighted by atomic mass is 35.5. The summed E-state index contributed by atoms with van der Waals surface area (Å²) in [5.74, 6) is 0.00691. The van der Waals surface area contributed by atoms with E-state index in [4.69, 9.17) is 27.9 Å². The average molecular weight is 368 g/mol. The van der Waals surface area contributed by atoms with Crippen LogP contribution in [-0.4, -0.2) is 40.8 Å². The van der Waals surface area contributed by atoms with Crippen molar-refractivity contribution in [2.75, 3.05) is 19.8 Å². The summed E-state index contributed by atoms with van der Waals surface area (Å²) < 4.78 is 5.61. The molecule has 0 spiro atoms. The molecule has 0 saturated carbocycles. The number of carbonyl (C=O) groups excluding carboxylic acids is 1. The Bertz CT molecular complexity index is 741. The number of carbonyl (C=O) groups is 1. The Kier molecular flexibility index (Phi) is 5.13. The average Bonchev–Trinajstić information content (AvgIpc) is 2.90. The van der Waals surface area contributed by atoms with Crippen molar-refractivity contribution in [3.63, 3.8) is 0 Å². The molecule has 5 nitrogen and oxygen atoms in total. The third kappa shape index (κ3) is 3.29. The molecule has 1 aromatic carbocycles. The zero-order valence-electron chi connectivity index (χ0n) is 13.6. The highest BCUT2D eigenvalue weighted by Gasteiger charge is 2.32. The highest BCUT2D eigenvalue weighted by molar-refractivity contribution is 6.42. The van der Waals surface area contributed by atoms with E-state index in [0.29, 0.717) is 29.8 Å². The van der Waals surface area contributed by atoms with Gasteiger partial charge in [-0.15, -0.1) is 0 Å². The van der Waals surface area contributed by atoms with Gasteiger partial charge in [0.05, 0.1) is 41.4 Å². The number of morpholine rings is 1. The second-order valence-corrected chi connectivity index (χ2v) is 6.70. The molecule has 128 valence electrons. The fraction of sp³-hybridized carbons (Fsp3) is 0.412. The third-order valence-corrected chi connectivity index (χ3v) is 5.20. The maximum Gasteiger partial charge on any atom is 0.227 e. The minimum Gasteiger partial charge on any atom is -0.377 e. The van der Waals surface area contributed by atoms with Gasteiger partial charge in [-0.2, -0.15) is 5.10 Å². The van der Waals surface area contributed by atoms with Crippen molar-refractivity contribution in [3.8, 4) is 0 Å². The molecule has 7 heteroatoms. The first-order valence-corrected chi connectivity index (χ1v) is 8.56. The zero-order chi connectivity index (χ0) is 17.3. The number of nitrogens with one attached hydrogen (secondary N) is 1. The van der Waals surface area contributed by atoms with E-state index in [1.54, 1.807) is 12.1 Å². The Labute approximate surface area is 150 Å². The number of halogens is 2. The van der Waals surface area contributed by atoms with Crippen LogP contribution in [0.3, 0.4) is 0 Å². The van der Waals surface area contributed by atoms with E-state index < -0.39 is 0 Å². The van der Waals surface area contributed by atoms with Gasteiger partial charge in [0, 0.05) is 17.8 Å². The Morgan fingerprint density at radius 3 is 2.92 bits per heavy atom. The normalized spacial score (nSPS) is 18.0. The Hall–Kier alpha value is -1.56. The number of rotatable bonds is 3. The van der Waals surface area contributed by atoms with Crippen molar-refractivity contribution in [3.05, 3.63) is 50.8 Å². The Morgan fingerprint density at radius 1 is 1.42 bits per heavy atom. The number of hydrogen-bond donors (Lipinski definition) is 1. The molecule has 1 aliphatic rings. The highest BCUT2D eigenvalue weighted by Crippen LogP contribution is 2.30. The standard InChI is InChI=1S/C17H19Cl2N3O2/c1-10-16(11(2)21-20-10)14-9-24-7-6-22(14)15(23)8-12-4-3-5-13(18)17(12)19/h3-5,14H,6-9H2,1-2H3,(H,20,21). The van der Waals surface area contributed by atoms with Crippen molar-refractivity contribution in [2.45, 2.75) is 26.3 Å². The number of ether oxygens (including phenoxy) is 1. The van der Waals surface area contributed by atoms with Gasteiger partial charge in [-0.3, -0.25) is 9.89 Å². The predicted octanol–water partition coefficient (Wildman–Crippen LogP) is 3.48. The van der Waals surface area contributed by atoms with Crippen LogP contribution in [0.4, 0.5) is 0 Å². The van der Waals surface area contributed by atoms with Gasteiger partial charge in [-0.1, -0.05) is 35.3 Å². The third-order valence-electron chi connectivity index (χ3n) is 4.34. The van der Waals surface area contributed by atoms with Gasteiger partial charge >= 0.3 is 0 Å². The van der Waals surface area contributed by atoms with Crippen LogP contribution >= 0.6 is 23.2 Å². The lowest BCUT2D eigenvalue weighted by Crippen LogP contribution is -2.44. The number of H-pyrrole nitrogens is 1. The monoisotopic (exact) mass is 367 g/mol. The molecule has 1 atom stereocenters. The van der Waals surface area contributed by atoms with E-state index in [1.165, 1.54) is 0 Å². The van der Waals surface area contributed by atoms with Gasteiger partial charge < -0.3 is 9.64 Å². The van der Waals surface area contributed by atoms with Crippen LogP contribution in [0.5, 0.6) is 0 Å². The molecule has 1 unspecified atom stereocenters. The second kappa shape index (κ2) is 7.13. The first-order valence-electron chi connectivity index (χ1n) is 7.80. The topological polar surface area (TPSA) is 58.2 Å². The van der Waals surface area contributed by atoms with E-state index in [9.17, 15) is 4.79 Å². The lowest BCUT2D eigenvalue weighted by atomic mass is 10.0. The number of hydrogen-bond acceptors (Lipinski definition) is 3. The fourth-order valence-corrected chi connectivity index (χ4v) is 3.53. The summed E-state index contributed by atoms with van der Waals surface area (Å²) in [5, 5.41) is 8.11. The minimum absolute atomic E-state index is 0.00691. The summed E-state index contributed by atoms with van der Waals surface area (Å²) in [6, 6.07) is 5.21.